The summed E-state index contributed by atoms with van der Waals surface area (Å²) in [6.45, 7) is 4.97. The van der Waals surface area contributed by atoms with Gasteiger partial charge in [0.2, 0.25) is 0 Å². The van der Waals surface area contributed by atoms with Crippen molar-refractivity contribution in [2.24, 2.45) is 0 Å². The van der Waals surface area contributed by atoms with Crippen LogP contribution in [0.5, 0.6) is 0 Å². The highest BCUT2D eigenvalue weighted by Gasteiger charge is 2.25. The van der Waals surface area contributed by atoms with Crippen LogP contribution in [0.4, 0.5) is 10.5 Å². The Balaban J connectivity index is 2.86. The molecule has 9 heteroatoms. The van der Waals surface area contributed by atoms with Crippen molar-refractivity contribution in [1.29, 1.82) is 0 Å². The topological polar surface area (TPSA) is 95.9 Å². The summed E-state index contributed by atoms with van der Waals surface area (Å²) in [6, 6.07) is 4.51. The van der Waals surface area contributed by atoms with Gasteiger partial charge in [0.05, 0.1) is 15.7 Å². The number of alkyl carbamates (subject to hydrolysis) is 1. The number of amides is 2. The van der Waals surface area contributed by atoms with Gasteiger partial charge in [-0.25, -0.2) is 9.59 Å². The highest BCUT2D eigenvalue weighted by atomic mass is 35.5. The Morgan fingerprint density at radius 3 is 2.42 bits per heavy atom. The van der Waals surface area contributed by atoms with Crippen molar-refractivity contribution < 1.29 is 24.2 Å². The van der Waals surface area contributed by atoms with Crippen LogP contribution < -0.4 is 10.2 Å². The van der Waals surface area contributed by atoms with E-state index in [-0.39, 0.29) is 28.8 Å². The van der Waals surface area contributed by atoms with E-state index in [4.69, 9.17) is 33.0 Å². The van der Waals surface area contributed by atoms with Crippen molar-refractivity contribution in [1.82, 2.24) is 5.32 Å². The first-order valence-corrected chi connectivity index (χ1v) is 7.74. The molecule has 0 atom stereocenters. The fraction of sp³-hybridized carbons (Fsp3) is 0.400. The van der Waals surface area contributed by atoms with Gasteiger partial charge >= 0.3 is 18.0 Å². The highest BCUT2D eigenvalue weighted by molar-refractivity contribution is 6.45. The Bertz CT molecular complexity index is 643. The lowest BCUT2D eigenvalue weighted by atomic mass is 10.2. The third kappa shape index (κ3) is 5.90. The van der Waals surface area contributed by atoms with Crippen molar-refractivity contribution in [3.8, 4) is 0 Å². The van der Waals surface area contributed by atoms with Gasteiger partial charge < -0.3 is 15.2 Å². The van der Waals surface area contributed by atoms with Crippen molar-refractivity contribution in [2.45, 2.75) is 26.4 Å². The molecule has 1 aromatic rings. The average molecular weight is 377 g/mol. The fourth-order valence-electron chi connectivity index (χ4n) is 1.73. The van der Waals surface area contributed by atoms with Crippen LogP contribution in [-0.4, -0.2) is 41.8 Å². The van der Waals surface area contributed by atoms with Gasteiger partial charge in [0, 0.05) is 13.1 Å². The number of halogens is 2. The first-order chi connectivity index (χ1) is 11.0. The minimum Gasteiger partial charge on any atom is -0.474 e. The van der Waals surface area contributed by atoms with E-state index in [0.717, 1.165) is 4.90 Å². The van der Waals surface area contributed by atoms with E-state index in [1.54, 1.807) is 20.8 Å². The van der Waals surface area contributed by atoms with Crippen LogP contribution >= 0.6 is 23.2 Å². The summed E-state index contributed by atoms with van der Waals surface area (Å²) in [7, 11) is 0. The highest BCUT2D eigenvalue weighted by Crippen LogP contribution is 2.32. The molecule has 1 rings (SSSR count). The second kappa shape index (κ2) is 8.21. The van der Waals surface area contributed by atoms with Gasteiger partial charge in [0.15, 0.2) is 0 Å². The predicted octanol–water partition coefficient (Wildman–Crippen LogP) is 2.94. The van der Waals surface area contributed by atoms with Gasteiger partial charge in [-0.2, -0.15) is 0 Å². The molecule has 2 N–H and O–H groups in total. The second-order valence-corrected chi connectivity index (χ2v) is 6.55. The van der Waals surface area contributed by atoms with Crippen molar-refractivity contribution in [3.05, 3.63) is 28.2 Å². The molecule has 0 spiro atoms. The molecular formula is C15H18Cl2N2O5. The largest absolute Gasteiger partial charge is 0.474 e. The smallest absolute Gasteiger partial charge is 0.407 e. The third-order valence-electron chi connectivity index (χ3n) is 2.65. The molecular weight excluding hydrogens is 359 g/mol. The number of carboxylic acids is 1. The van der Waals surface area contributed by atoms with Gasteiger partial charge in [0.1, 0.15) is 5.60 Å². The van der Waals surface area contributed by atoms with Crippen LogP contribution in [0.3, 0.4) is 0 Å². The number of benzene rings is 1. The summed E-state index contributed by atoms with van der Waals surface area (Å²) in [6.07, 6.45) is -0.678. The number of nitrogens with one attached hydrogen (secondary N) is 1. The SMILES string of the molecule is CC(C)(C)OC(=O)NCCN(C(=O)C(=O)O)c1cccc(Cl)c1Cl. The van der Waals surface area contributed by atoms with Crippen molar-refractivity contribution >= 4 is 46.9 Å². The molecule has 0 aliphatic carbocycles. The van der Waals surface area contributed by atoms with Crippen molar-refractivity contribution in [2.75, 3.05) is 18.0 Å². The van der Waals surface area contributed by atoms with Crippen molar-refractivity contribution in [3.63, 3.8) is 0 Å². The summed E-state index contributed by atoms with van der Waals surface area (Å²) >= 11 is 11.9. The average Bonchev–Trinajstić information content (AvgIpc) is 2.44. The number of carbonyl (C=O) groups is 3. The molecule has 0 bridgehead atoms. The van der Waals surface area contributed by atoms with Gasteiger partial charge in [-0.05, 0) is 32.9 Å². The molecule has 0 unspecified atom stereocenters. The fourth-order valence-corrected chi connectivity index (χ4v) is 2.13. The number of hydrogen-bond acceptors (Lipinski definition) is 4. The minimum atomic E-state index is -1.65. The van der Waals surface area contributed by atoms with E-state index in [1.165, 1.54) is 18.2 Å². The van der Waals surface area contributed by atoms with Gasteiger partial charge in [-0.15, -0.1) is 0 Å². The number of carbonyl (C=O) groups excluding carboxylic acids is 2. The van der Waals surface area contributed by atoms with Crippen LogP contribution in [0.25, 0.3) is 0 Å². The standard InChI is InChI=1S/C15H18Cl2N2O5/c1-15(2,3)24-14(23)18-7-8-19(12(20)13(21)22)10-6-4-5-9(16)11(10)17/h4-6H,7-8H2,1-3H3,(H,18,23)(H,21,22). The number of anilines is 1. The molecule has 0 heterocycles. The van der Waals surface area contributed by atoms with E-state index in [1.807, 2.05) is 0 Å². The van der Waals surface area contributed by atoms with Crippen LogP contribution in [0.1, 0.15) is 20.8 Å². The molecule has 0 saturated carbocycles. The summed E-state index contributed by atoms with van der Waals surface area (Å²) in [4.78, 5) is 35.4. The number of hydrogen-bond donors (Lipinski definition) is 2. The third-order valence-corrected chi connectivity index (χ3v) is 3.46. The Kier molecular flexibility index (Phi) is 6.86. The molecule has 0 aliphatic rings. The maximum atomic E-state index is 11.9. The van der Waals surface area contributed by atoms with Crippen LogP contribution in [0.15, 0.2) is 18.2 Å². The Morgan fingerprint density at radius 2 is 1.88 bits per heavy atom. The second-order valence-electron chi connectivity index (χ2n) is 5.76. The molecule has 0 saturated heterocycles. The van der Waals surface area contributed by atoms with E-state index in [2.05, 4.69) is 5.32 Å². The maximum Gasteiger partial charge on any atom is 0.407 e. The Hall–Kier alpha value is -1.99. The molecule has 1 aromatic carbocycles. The number of rotatable bonds is 4. The van der Waals surface area contributed by atoms with E-state index >= 15 is 0 Å². The first kappa shape index (κ1) is 20.1. The Morgan fingerprint density at radius 1 is 1.25 bits per heavy atom. The van der Waals surface area contributed by atoms with E-state index < -0.39 is 23.6 Å². The van der Waals surface area contributed by atoms with Crippen LogP contribution in [0.2, 0.25) is 10.0 Å². The molecule has 0 aliphatic heterocycles. The normalized spacial score (nSPS) is 10.9. The number of nitrogens with zero attached hydrogens (tertiary/aromatic N) is 1. The van der Waals surface area contributed by atoms with Gasteiger partial charge in [-0.1, -0.05) is 29.3 Å². The number of carboxylic acid groups (broad SMARTS) is 1. The number of ether oxygens (including phenoxy) is 1. The zero-order chi connectivity index (χ0) is 18.5. The molecule has 2 amide bonds. The van der Waals surface area contributed by atoms with E-state index in [0.29, 0.717) is 0 Å². The first-order valence-electron chi connectivity index (χ1n) is 6.98. The van der Waals surface area contributed by atoms with E-state index in [9.17, 15) is 14.4 Å². The molecule has 0 aromatic heterocycles. The zero-order valence-corrected chi connectivity index (χ0v) is 14.9. The quantitative estimate of drug-likeness (QED) is 0.787. The van der Waals surface area contributed by atoms with Crippen LogP contribution in [-0.2, 0) is 14.3 Å². The Labute approximate surface area is 149 Å². The molecule has 132 valence electrons. The summed E-state index contributed by atoms with van der Waals surface area (Å²) in [5.74, 6) is -2.84. The summed E-state index contributed by atoms with van der Waals surface area (Å²) in [5, 5.41) is 11.6. The minimum absolute atomic E-state index is 0.0310. The zero-order valence-electron chi connectivity index (χ0n) is 13.4. The lowest BCUT2D eigenvalue weighted by Gasteiger charge is -2.23. The number of aliphatic carboxylic acids is 1. The van der Waals surface area contributed by atoms with Gasteiger partial charge in [-0.3, -0.25) is 9.69 Å². The van der Waals surface area contributed by atoms with Crippen LogP contribution in [0, 0.1) is 0 Å². The summed E-state index contributed by atoms with van der Waals surface area (Å²) in [5.41, 5.74) is -0.528. The lowest BCUT2D eigenvalue weighted by molar-refractivity contribution is -0.148. The maximum absolute atomic E-state index is 11.9. The lowest BCUT2D eigenvalue weighted by Crippen LogP contribution is -2.43. The molecule has 0 fully saturated rings. The molecule has 24 heavy (non-hydrogen) atoms. The molecule has 0 radical (unpaired) electrons. The monoisotopic (exact) mass is 376 g/mol. The molecule has 7 nitrogen and oxygen atoms in total. The van der Waals surface area contributed by atoms with Gasteiger partial charge in [0.25, 0.3) is 0 Å². The predicted molar refractivity (Wildman–Crippen MR) is 90.7 cm³/mol. The summed E-state index contributed by atoms with van der Waals surface area (Å²) < 4.78 is 5.06.